The van der Waals surface area contributed by atoms with Crippen LogP contribution in [0.4, 0.5) is 11.6 Å². The van der Waals surface area contributed by atoms with Crippen molar-refractivity contribution in [2.45, 2.75) is 52.4 Å². The van der Waals surface area contributed by atoms with Crippen LogP contribution in [0.5, 0.6) is 0 Å². The van der Waals surface area contributed by atoms with E-state index in [0.29, 0.717) is 11.5 Å². The van der Waals surface area contributed by atoms with Gasteiger partial charge in [0.2, 0.25) is 5.95 Å². The number of unbranched alkanes of at least 4 members (excludes halogenated alkanes) is 2. The van der Waals surface area contributed by atoms with E-state index in [9.17, 15) is 4.79 Å². The standard InChI is InChI=1S/C20H28N4O/c1-5-6-7-12-21-19-22-13-15(14-23-19)18(25)24-17-10-8-16(9-11-17)20(2,3)4/h8-11,13-14H,5-7,12H2,1-4H3,(H,24,25)(H,21,22,23). The molecule has 1 amide bonds. The first-order valence-corrected chi connectivity index (χ1v) is 8.88. The Morgan fingerprint density at radius 1 is 1.04 bits per heavy atom. The monoisotopic (exact) mass is 340 g/mol. The van der Waals surface area contributed by atoms with Crippen LogP contribution in [-0.4, -0.2) is 22.4 Å². The number of amides is 1. The largest absolute Gasteiger partial charge is 0.354 e. The van der Waals surface area contributed by atoms with Crippen LogP contribution in [0.1, 0.15) is 62.9 Å². The molecule has 0 atom stereocenters. The lowest BCUT2D eigenvalue weighted by molar-refractivity contribution is 0.102. The molecule has 134 valence electrons. The van der Waals surface area contributed by atoms with E-state index in [1.807, 2.05) is 24.3 Å². The molecule has 2 rings (SSSR count). The molecule has 0 aliphatic carbocycles. The van der Waals surface area contributed by atoms with E-state index in [2.05, 4.69) is 48.3 Å². The second-order valence-corrected chi connectivity index (χ2v) is 7.21. The fraction of sp³-hybridized carbons (Fsp3) is 0.450. The van der Waals surface area contributed by atoms with E-state index in [4.69, 9.17) is 0 Å². The number of carbonyl (C=O) groups is 1. The van der Waals surface area contributed by atoms with E-state index < -0.39 is 0 Å². The summed E-state index contributed by atoms with van der Waals surface area (Å²) in [7, 11) is 0. The first-order chi connectivity index (χ1) is 11.9. The molecule has 1 aromatic heterocycles. The van der Waals surface area contributed by atoms with Crippen LogP contribution in [-0.2, 0) is 5.41 Å². The molecule has 5 heteroatoms. The zero-order chi connectivity index (χ0) is 18.3. The Kier molecular flexibility index (Phi) is 6.51. The van der Waals surface area contributed by atoms with Gasteiger partial charge in [0, 0.05) is 24.6 Å². The molecule has 0 saturated carbocycles. The highest BCUT2D eigenvalue weighted by molar-refractivity contribution is 6.03. The minimum absolute atomic E-state index is 0.0936. The molecule has 0 aliphatic rings. The average Bonchev–Trinajstić information content (AvgIpc) is 2.59. The van der Waals surface area contributed by atoms with Gasteiger partial charge in [0.25, 0.3) is 5.91 Å². The maximum atomic E-state index is 12.3. The molecule has 0 radical (unpaired) electrons. The van der Waals surface area contributed by atoms with Crippen molar-refractivity contribution in [3.05, 3.63) is 47.8 Å². The van der Waals surface area contributed by atoms with E-state index in [1.54, 1.807) is 12.4 Å². The van der Waals surface area contributed by atoms with Gasteiger partial charge in [0.15, 0.2) is 0 Å². The lowest BCUT2D eigenvalue weighted by atomic mass is 9.87. The average molecular weight is 340 g/mol. The molecule has 2 aromatic rings. The van der Waals surface area contributed by atoms with Crippen molar-refractivity contribution < 1.29 is 4.79 Å². The number of hydrogen-bond acceptors (Lipinski definition) is 4. The summed E-state index contributed by atoms with van der Waals surface area (Å²) in [5.74, 6) is 0.350. The number of anilines is 2. The molecule has 0 aliphatic heterocycles. The summed E-state index contributed by atoms with van der Waals surface area (Å²) < 4.78 is 0. The van der Waals surface area contributed by atoms with Crippen LogP contribution in [0, 0.1) is 0 Å². The van der Waals surface area contributed by atoms with E-state index in [0.717, 1.165) is 18.7 Å². The third kappa shape index (κ3) is 5.85. The summed E-state index contributed by atoms with van der Waals surface area (Å²) in [4.78, 5) is 20.7. The van der Waals surface area contributed by atoms with Gasteiger partial charge in [-0.05, 0) is 29.5 Å². The van der Waals surface area contributed by atoms with Gasteiger partial charge in [-0.2, -0.15) is 0 Å². The smallest absolute Gasteiger partial charge is 0.258 e. The van der Waals surface area contributed by atoms with Crippen molar-refractivity contribution in [3.8, 4) is 0 Å². The van der Waals surface area contributed by atoms with Crippen LogP contribution in [0.3, 0.4) is 0 Å². The number of nitrogens with zero attached hydrogens (tertiary/aromatic N) is 2. The molecule has 0 unspecified atom stereocenters. The Balaban J connectivity index is 1.92. The number of nitrogens with one attached hydrogen (secondary N) is 2. The van der Waals surface area contributed by atoms with Crippen LogP contribution in [0.15, 0.2) is 36.7 Å². The van der Waals surface area contributed by atoms with Crippen molar-refractivity contribution >= 4 is 17.5 Å². The Morgan fingerprint density at radius 3 is 2.24 bits per heavy atom. The van der Waals surface area contributed by atoms with E-state index in [1.165, 1.54) is 18.4 Å². The van der Waals surface area contributed by atoms with Gasteiger partial charge in [-0.25, -0.2) is 9.97 Å². The number of aromatic nitrogens is 2. The topological polar surface area (TPSA) is 66.9 Å². The van der Waals surface area contributed by atoms with E-state index >= 15 is 0 Å². The van der Waals surface area contributed by atoms with Gasteiger partial charge in [-0.1, -0.05) is 52.7 Å². The molecule has 0 saturated heterocycles. The van der Waals surface area contributed by atoms with Crippen LogP contribution in [0.25, 0.3) is 0 Å². The molecular formula is C20H28N4O. The lowest BCUT2D eigenvalue weighted by Crippen LogP contribution is -2.14. The Labute approximate surface area is 150 Å². The zero-order valence-electron chi connectivity index (χ0n) is 15.6. The Morgan fingerprint density at radius 2 is 1.68 bits per heavy atom. The number of benzene rings is 1. The second-order valence-electron chi connectivity index (χ2n) is 7.21. The van der Waals surface area contributed by atoms with Crippen molar-refractivity contribution in [3.63, 3.8) is 0 Å². The maximum Gasteiger partial charge on any atom is 0.258 e. The summed E-state index contributed by atoms with van der Waals surface area (Å²) in [5, 5.41) is 6.04. The van der Waals surface area contributed by atoms with Crippen LogP contribution < -0.4 is 10.6 Å². The molecule has 1 heterocycles. The third-order valence-corrected chi connectivity index (χ3v) is 3.99. The van der Waals surface area contributed by atoms with Gasteiger partial charge in [0.1, 0.15) is 0 Å². The summed E-state index contributed by atoms with van der Waals surface area (Å²) >= 11 is 0. The second kappa shape index (κ2) is 8.60. The predicted octanol–water partition coefficient (Wildman–Crippen LogP) is 4.63. The third-order valence-electron chi connectivity index (χ3n) is 3.99. The molecular weight excluding hydrogens is 312 g/mol. The molecule has 1 aromatic carbocycles. The van der Waals surface area contributed by atoms with Crippen LogP contribution in [0.2, 0.25) is 0 Å². The summed E-state index contributed by atoms with van der Waals surface area (Å²) in [5.41, 5.74) is 2.53. The van der Waals surface area contributed by atoms with Gasteiger partial charge >= 0.3 is 0 Å². The summed E-state index contributed by atoms with van der Waals surface area (Å²) in [6.45, 7) is 9.50. The highest BCUT2D eigenvalue weighted by Gasteiger charge is 2.13. The quantitative estimate of drug-likeness (QED) is 0.721. The summed E-state index contributed by atoms with van der Waals surface area (Å²) in [6.07, 6.45) is 6.55. The number of rotatable bonds is 7. The predicted molar refractivity (Wildman–Crippen MR) is 103 cm³/mol. The Bertz CT molecular complexity index is 672. The van der Waals surface area contributed by atoms with Gasteiger partial charge in [0.05, 0.1) is 5.56 Å². The first kappa shape index (κ1) is 18.9. The van der Waals surface area contributed by atoms with Crippen molar-refractivity contribution in [1.29, 1.82) is 0 Å². The SMILES string of the molecule is CCCCCNc1ncc(C(=O)Nc2ccc(C(C)(C)C)cc2)cn1. The van der Waals surface area contributed by atoms with E-state index in [-0.39, 0.29) is 11.3 Å². The maximum absolute atomic E-state index is 12.3. The van der Waals surface area contributed by atoms with Crippen molar-refractivity contribution in [2.75, 3.05) is 17.2 Å². The molecule has 0 bridgehead atoms. The Hall–Kier alpha value is -2.43. The highest BCUT2D eigenvalue weighted by atomic mass is 16.1. The van der Waals surface area contributed by atoms with Gasteiger partial charge < -0.3 is 10.6 Å². The summed E-state index contributed by atoms with van der Waals surface area (Å²) in [6, 6.07) is 7.91. The lowest BCUT2D eigenvalue weighted by Gasteiger charge is -2.19. The number of hydrogen-bond donors (Lipinski definition) is 2. The van der Waals surface area contributed by atoms with Crippen molar-refractivity contribution in [1.82, 2.24) is 9.97 Å². The molecule has 25 heavy (non-hydrogen) atoms. The van der Waals surface area contributed by atoms with Gasteiger partial charge in [-0.3, -0.25) is 4.79 Å². The number of carbonyl (C=O) groups excluding carboxylic acids is 1. The minimum Gasteiger partial charge on any atom is -0.354 e. The normalized spacial score (nSPS) is 11.2. The fourth-order valence-electron chi connectivity index (χ4n) is 2.37. The molecule has 0 spiro atoms. The van der Waals surface area contributed by atoms with Crippen LogP contribution >= 0.6 is 0 Å². The fourth-order valence-corrected chi connectivity index (χ4v) is 2.37. The minimum atomic E-state index is -0.207. The zero-order valence-corrected chi connectivity index (χ0v) is 15.6. The highest BCUT2D eigenvalue weighted by Crippen LogP contribution is 2.23. The molecule has 0 fully saturated rings. The molecule has 5 nitrogen and oxygen atoms in total. The molecule has 2 N–H and O–H groups in total. The van der Waals surface area contributed by atoms with Crippen molar-refractivity contribution in [2.24, 2.45) is 0 Å². The van der Waals surface area contributed by atoms with Gasteiger partial charge in [-0.15, -0.1) is 0 Å². The first-order valence-electron chi connectivity index (χ1n) is 8.88.